The topological polar surface area (TPSA) is 58.2 Å². The maximum absolute atomic E-state index is 11.9. The number of hydrogen-bond donors (Lipinski definition) is 2. The molecule has 0 radical (unpaired) electrons. The highest BCUT2D eigenvalue weighted by molar-refractivity contribution is 5.84. The molecule has 0 saturated heterocycles. The zero-order valence-electron chi connectivity index (χ0n) is 14.2. The Morgan fingerprint density at radius 2 is 1.21 bits per heavy atom. The lowest BCUT2D eigenvalue weighted by atomic mass is 10.0. The van der Waals surface area contributed by atoms with Crippen molar-refractivity contribution in [3.63, 3.8) is 0 Å². The second-order valence-corrected chi connectivity index (χ2v) is 6.35. The van der Waals surface area contributed by atoms with E-state index in [1.807, 2.05) is 42.5 Å². The maximum atomic E-state index is 11.9. The van der Waals surface area contributed by atoms with Crippen LogP contribution in [0.3, 0.4) is 0 Å². The Kier molecular flexibility index (Phi) is 6.55. The number of hydrazine groups is 1. The van der Waals surface area contributed by atoms with Gasteiger partial charge in [0.1, 0.15) is 0 Å². The molecule has 0 saturated carbocycles. The van der Waals surface area contributed by atoms with Gasteiger partial charge in [-0.2, -0.15) is 0 Å². The highest BCUT2D eigenvalue weighted by Crippen LogP contribution is 2.10. The lowest BCUT2D eigenvalue weighted by Gasteiger charge is -2.09. The average molecular weight is 324 g/mol. The molecule has 0 aliphatic heterocycles. The molecular formula is C20H24N2O2. The third-order valence-corrected chi connectivity index (χ3v) is 3.58. The smallest absolute Gasteiger partial charge is 0.242 e. The van der Waals surface area contributed by atoms with E-state index in [2.05, 4.69) is 36.8 Å². The molecule has 0 fully saturated rings. The monoisotopic (exact) mass is 324 g/mol. The first-order valence-corrected chi connectivity index (χ1v) is 8.22. The van der Waals surface area contributed by atoms with Gasteiger partial charge in [-0.25, -0.2) is 0 Å². The van der Waals surface area contributed by atoms with Crippen LogP contribution in [-0.4, -0.2) is 11.8 Å². The fourth-order valence-electron chi connectivity index (χ4n) is 2.46. The summed E-state index contributed by atoms with van der Waals surface area (Å²) < 4.78 is 0. The second kappa shape index (κ2) is 8.87. The van der Waals surface area contributed by atoms with Crippen molar-refractivity contribution in [1.29, 1.82) is 0 Å². The molecule has 0 heterocycles. The molecule has 0 spiro atoms. The van der Waals surface area contributed by atoms with E-state index in [9.17, 15) is 9.59 Å². The predicted molar refractivity (Wildman–Crippen MR) is 95.1 cm³/mol. The van der Waals surface area contributed by atoms with Crippen LogP contribution in [0.25, 0.3) is 0 Å². The summed E-state index contributed by atoms with van der Waals surface area (Å²) in [5, 5.41) is 0. The quantitative estimate of drug-likeness (QED) is 0.803. The van der Waals surface area contributed by atoms with E-state index in [1.54, 1.807) is 0 Å². The number of amides is 2. The van der Waals surface area contributed by atoms with Crippen molar-refractivity contribution in [3.8, 4) is 0 Å². The van der Waals surface area contributed by atoms with Crippen molar-refractivity contribution in [2.75, 3.05) is 0 Å². The second-order valence-electron chi connectivity index (χ2n) is 6.35. The SMILES string of the molecule is CC(C)Cc1ccc(CC(=O)NNC(=O)Cc2ccccc2)cc1. The number of rotatable bonds is 6. The molecule has 2 aromatic rings. The van der Waals surface area contributed by atoms with Crippen LogP contribution in [0.2, 0.25) is 0 Å². The fraction of sp³-hybridized carbons (Fsp3) is 0.300. The zero-order chi connectivity index (χ0) is 17.4. The van der Waals surface area contributed by atoms with Gasteiger partial charge in [0.25, 0.3) is 0 Å². The Morgan fingerprint density at radius 1 is 0.750 bits per heavy atom. The van der Waals surface area contributed by atoms with Gasteiger partial charge in [-0.3, -0.25) is 20.4 Å². The Bertz CT molecular complexity index is 664. The van der Waals surface area contributed by atoms with Crippen LogP contribution in [0.1, 0.15) is 30.5 Å². The zero-order valence-corrected chi connectivity index (χ0v) is 14.2. The van der Waals surface area contributed by atoms with Gasteiger partial charge in [0.05, 0.1) is 12.8 Å². The summed E-state index contributed by atoms with van der Waals surface area (Å²) >= 11 is 0. The van der Waals surface area contributed by atoms with Gasteiger partial charge in [0, 0.05) is 0 Å². The number of carbonyl (C=O) groups excluding carboxylic acids is 2. The lowest BCUT2D eigenvalue weighted by molar-refractivity contribution is -0.128. The Hall–Kier alpha value is -2.62. The van der Waals surface area contributed by atoms with Crippen molar-refractivity contribution in [2.45, 2.75) is 33.1 Å². The highest BCUT2D eigenvalue weighted by Gasteiger charge is 2.07. The number of benzene rings is 2. The Morgan fingerprint density at radius 3 is 1.71 bits per heavy atom. The molecule has 2 N–H and O–H groups in total. The van der Waals surface area contributed by atoms with Crippen molar-refractivity contribution in [2.24, 2.45) is 5.92 Å². The standard InChI is InChI=1S/C20H24N2O2/c1-15(2)12-17-8-10-18(11-9-17)14-20(24)22-21-19(23)13-16-6-4-3-5-7-16/h3-11,15H,12-14H2,1-2H3,(H,21,23)(H,22,24). The highest BCUT2D eigenvalue weighted by atomic mass is 16.2. The molecule has 2 rings (SSSR count). The maximum Gasteiger partial charge on any atom is 0.242 e. The minimum Gasteiger partial charge on any atom is -0.273 e. The summed E-state index contributed by atoms with van der Waals surface area (Å²) in [7, 11) is 0. The van der Waals surface area contributed by atoms with Crippen LogP contribution in [0, 0.1) is 5.92 Å². The summed E-state index contributed by atoms with van der Waals surface area (Å²) in [6, 6.07) is 17.4. The van der Waals surface area contributed by atoms with Gasteiger partial charge < -0.3 is 0 Å². The molecule has 0 aliphatic carbocycles. The van der Waals surface area contributed by atoms with Gasteiger partial charge in [-0.1, -0.05) is 68.4 Å². The predicted octanol–water partition coefficient (Wildman–Crippen LogP) is 2.82. The Balaban J connectivity index is 1.75. The summed E-state index contributed by atoms with van der Waals surface area (Å²) in [6.45, 7) is 4.36. The molecule has 0 aliphatic rings. The van der Waals surface area contributed by atoms with Crippen LogP contribution in [0.15, 0.2) is 54.6 Å². The molecular weight excluding hydrogens is 300 g/mol. The summed E-state index contributed by atoms with van der Waals surface area (Å²) in [5.41, 5.74) is 8.01. The van der Waals surface area contributed by atoms with Gasteiger partial charge in [0.15, 0.2) is 0 Å². The van der Waals surface area contributed by atoms with Crippen LogP contribution in [0.5, 0.6) is 0 Å². The summed E-state index contributed by atoms with van der Waals surface area (Å²) in [6.07, 6.45) is 1.51. The van der Waals surface area contributed by atoms with Crippen molar-refractivity contribution in [3.05, 3.63) is 71.3 Å². The molecule has 24 heavy (non-hydrogen) atoms. The van der Waals surface area contributed by atoms with Gasteiger partial charge in [0.2, 0.25) is 11.8 Å². The lowest BCUT2D eigenvalue weighted by Crippen LogP contribution is -2.43. The van der Waals surface area contributed by atoms with Gasteiger partial charge in [-0.15, -0.1) is 0 Å². The molecule has 0 aromatic heterocycles. The molecule has 0 bridgehead atoms. The molecule has 4 heteroatoms. The van der Waals surface area contributed by atoms with E-state index in [0.717, 1.165) is 17.5 Å². The summed E-state index contributed by atoms with van der Waals surface area (Å²) in [5.74, 6) is 0.147. The largest absolute Gasteiger partial charge is 0.273 e. The third kappa shape index (κ3) is 6.24. The van der Waals surface area contributed by atoms with E-state index < -0.39 is 0 Å². The van der Waals surface area contributed by atoms with Gasteiger partial charge >= 0.3 is 0 Å². The van der Waals surface area contributed by atoms with E-state index in [0.29, 0.717) is 5.92 Å². The molecule has 2 aromatic carbocycles. The normalized spacial score (nSPS) is 10.5. The minimum atomic E-state index is -0.234. The van der Waals surface area contributed by atoms with Crippen LogP contribution < -0.4 is 10.9 Å². The fourth-order valence-corrected chi connectivity index (χ4v) is 2.46. The van der Waals surface area contributed by atoms with Crippen LogP contribution in [0.4, 0.5) is 0 Å². The average Bonchev–Trinajstić information content (AvgIpc) is 2.55. The third-order valence-electron chi connectivity index (χ3n) is 3.58. The van der Waals surface area contributed by atoms with Crippen molar-refractivity contribution >= 4 is 11.8 Å². The first-order valence-electron chi connectivity index (χ1n) is 8.22. The van der Waals surface area contributed by atoms with E-state index in [1.165, 1.54) is 5.56 Å². The van der Waals surface area contributed by atoms with Crippen molar-refractivity contribution < 1.29 is 9.59 Å². The molecule has 0 atom stereocenters. The molecule has 126 valence electrons. The number of hydrogen-bond acceptors (Lipinski definition) is 2. The van der Waals surface area contributed by atoms with Crippen molar-refractivity contribution in [1.82, 2.24) is 10.9 Å². The van der Waals surface area contributed by atoms with E-state index >= 15 is 0 Å². The van der Waals surface area contributed by atoms with Crippen LogP contribution >= 0.6 is 0 Å². The molecule has 4 nitrogen and oxygen atoms in total. The van der Waals surface area contributed by atoms with E-state index in [4.69, 9.17) is 0 Å². The van der Waals surface area contributed by atoms with E-state index in [-0.39, 0.29) is 24.7 Å². The number of carbonyl (C=O) groups is 2. The molecule has 0 unspecified atom stereocenters. The first kappa shape index (κ1) is 17.7. The Labute approximate surface area is 143 Å². The van der Waals surface area contributed by atoms with Crippen LogP contribution in [-0.2, 0) is 28.9 Å². The first-order chi connectivity index (χ1) is 11.5. The summed E-state index contributed by atoms with van der Waals surface area (Å²) in [4.78, 5) is 23.7. The minimum absolute atomic E-state index is 0.229. The van der Waals surface area contributed by atoms with Gasteiger partial charge in [-0.05, 0) is 29.0 Å². The molecule has 2 amide bonds. The number of nitrogens with one attached hydrogen (secondary N) is 2.